The SMILES string of the molecule is O=C(Cc1c[nH]c2ccccc12)O[C@@H](c1ccccc1)c1ccccn1. The predicted molar refractivity (Wildman–Crippen MR) is 101 cm³/mol. The highest BCUT2D eigenvalue weighted by Gasteiger charge is 2.21. The first-order chi connectivity index (χ1) is 12.8. The van der Waals surface area contributed by atoms with Crippen molar-refractivity contribution >= 4 is 16.9 Å². The van der Waals surface area contributed by atoms with Crippen LogP contribution in [0.1, 0.15) is 22.9 Å². The molecule has 4 rings (SSSR count). The maximum Gasteiger partial charge on any atom is 0.311 e. The average Bonchev–Trinajstić information content (AvgIpc) is 3.10. The summed E-state index contributed by atoms with van der Waals surface area (Å²) in [5.74, 6) is -0.283. The van der Waals surface area contributed by atoms with Crippen LogP contribution in [-0.2, 0) is 16.0 Å². The Kier molecular flexibility index (Phi) is 4.48. The molecule has 0 radical (unpaired) electrons. The number of rotatable bonds is 5. The van der Waals surface area contributed by atoms with E-state index in [0.29, 0.717) is 5.69 Å². The number of H-pyrrole nitrogens is 1. The summed E-state index contributed by atoms with van der Waals surface area (Å²) in [5, 5.41) is 1.04. The molecule has 0 spiro atoms. The highest BCUT2D eigenvalue weighted by Crippen LogP contribution is 2.26. The molecule has 4 nitrogen and oxygen atoms in total. The van der Waals surface area contributed by atoms with E-state index in [0.717, 1.165) is 22.0 Å². The maximum absolute atomic E-state index is 12.6. The van der Waals surface area contributed by atoms with E-state index in [1.807, 2.05) is 79.0 Å². The van der Waals surface area contributed by atoms with E-state index in [-0.39, 0.29) is 12.4 Å². The molecule has 0 saturated carbocycles. The number of benzene rings is 2. The van der Waals surface area contributed by atoms with Crippen molar-refractivity contribution in [3.8, 4) is 0 Å². The van der Waals surface area contributed by atoms with Crippen LogP contribution >= 0.6 is 0 Å². The van der Waals surface area contributed by atoms with Crippen LogP contribution in [0.15, 0.2) is 85.2 Å². The van der Waals surface area contributed by atoms with Gasteiger partial charge in [0.1, 0.15) is 0 Å². The second kappa shape index (κ2) is 7.23. The largest absolute Gasteiger partial charge is 0.451 e. The van der Waals surface area contributed by atoms with Crippen LogP contribution in [0.4, 0.5) is 0 Å². The van der Waals surface area contributed by atoms with E-state index < -0.39 is 6.10 Å². The topological polar surface area (TPSA) is 55.0 Å². The number of carbonyl (C=O) groups is 1. The Morgan fingerprint density at radius 3 is 2.54 bits per heavy atom. The molecule has 0 amide bonds. The van der Waals surface area contributed by atoms with Crippen LogP contribution in [-0.4, -0.2) is 15.9 Å². The summed E-state index contributed by atoms with van der Waals surface area (Å²) >= 11 is 0. The number of nitrogens with zero attached hydrogens (tertiary/aromatic N) is 1. The third-order valence-corrected chi connectivity index (χ3v) is 4.32. The Balaban J connectivity index is 1.58. The van der Waals surface area contributed by atoms with Crippen molar-refractivity contribution in [1.82, 2.24) is 9.97 Å². The summed E-state index contributed by atoms with van der Waals surface area (Å²) in [7, 11) is 0. The molecule has 0 fully saturated rings. The van der Waals surface area contributed by atoms with Gasteiger partial charge in [-0.2, -0.15) is 0 Å². The lowest BCUT2D eigenvalue weighted by Gasteiger charge is -2.18. The molecule has 2 aromatic heterocycles. The van der Waals surface area contributed by atoms with Crippen molar-refractivity contribution in [3.05, 3.63) is 102 Å². The first kappa shape index (κ1) is 16.1. The molecule has 0 unspecified atom stereocenters. The minimum Gasteiger partial charge on any atom is -0.451 e. The fourth-order valence-electron chi connectivity index (χ4n) is 3.06. The number of aromatic nitrogens is 2. The van der Waals surface area contributed by atoms with E-state index in [1.54, 1.807) is 6.20 Å². The van der Waals surface area contributed by atoms with Crippen molar-refractivity contribution in [2.75, 3.05) is 0 Å². The Bertz CT molecular complexity index is 970. The zero-order valence-electron chi connectivity index (χ0n) is 14.1. The summed E-state index contributed by atoms with van der Waals surface area (Å²) in [5.41, 5.74) is 3.56. The van der Waals surface area contributed by atoms with Crippen LogP contribution in [0.25, 0.3) is 10.9 Å². The van der Waals surface area contributed by atoms with Crippen molar-refractivity contribution < 1.29 is 9.53 Å². The predicted octanol–water partition coefficient (Wildman–Crippen LogP) is 4.44. The van der Waals surface area contributed by atoms with Gasteiger partial charge in [-0.05, 0) is 29.3 Å². The second-order valence-electron chi connectivity index (χ2n) is 6.07. The third-order valence-electron chi connectivity index (χ3n) is 4.32. The van der Waals surface area contributed by atoms with Crippen molar-refractivity contribution in [2.24, 2.45) is 0 Å². The molecule has 0 aliphatic rings. The maximum atomic E-state index is 12.6. The number of ether oxygens (including phenoxy) is 1. The molecule has 4 heteroatoms. The number of carbonyl (C=O) groups excluding carboxylic acids is 1. The molecule has 0 aliphatic heterocycles. The van der Waals surface area contributed by atoms with Gasteiger partial charge in [-0.3, -0.25) is 9.78 Å². The van der Waals surface area contributed by atoms with Gasteiger partial charge >= 0.3 is 5.97 Å². The van der Waals surface area contributed by atoms with Gasteiger partial charge in [0, 0.05) is 23.3 Å². The van der Waals surface area contributed by atoms with Gasteiger partial charge in [-0.25, -0.2) is 0 Å². The highest BCUT2D eigenvalue weighted by atomic mass is 16.5. The molecule has 0 saturated heterocycles. The number of hydrogen-bond acceptors (Lipinski definition) is 3. The van der Waals surface area contributed by atoms with Gasteiger partial charge in [0.2, 0.25) is 0 Å². The molecule has 0 aliphatic carbocycles. The molecule has 4 aromatic rings. The zero-order valence-corrected chi connectivity index (χ0v) is 14.1. The van der Waals surface area contributed by atoms with E-state index in [4.69, 9.17) is 4.74 Å². The molecular formula is C22H18N2O2. The molecule has 1 N–H and O–H groups in total. The molecule has 128 valence electrons. The van der Waals surface area contributed by atoms with Crippen LogP contribution < -0.4 is 0 Å². The summed E-state index contributed by atoms with van der Waals surface area (Å²) in [4.78, 5) is 20.2. The first-order valence-electron chi connectivity index (χ1n) is 8.51. The first-order valence-corrected chi connectivity index (χ1v) is 8.51. The van der Waals surface area contributed by atoms with Crippen LogP contribution in [0.3, 0.4) is 0 Å². The summed E-state index contributed by atoms with van der Waals surface area (Å²) in [6.45, 7) is 0. The number of nitrogens with one attached hydrogen (secondary N) is 1. The van der Waals surface area contributed by atoms with Gasteiger partial charge in [-0.1, -0.05) is 54.6 Å². The zero-order chi connectivity index (χ0) is 17.8. The third kappa shape index (κ3) is 3.35. The number of esters is 1. The smallest absolute Gasteiger partial charge is 0.311 e. The van der Waals surface area contributed by atoms with Crippen molar-refractivity contribution in [2.45, 2.75) is 12.5 Å². The van der Waals surface area contributed by atoms with Crippen molar-refractivity contribution in [1.29, 1.82) is 0 Å². The van der Waals surface area contributed by atoms with Gasteiger partial charge in [0.05, 0.1) is 12.1 Å². The van der Waals surface area contributed by atoms with Crippen LogP contribution in [0.2, 0.25) is 0 Å². The standard InChI is InChI=1S/C22H18N2O2/c25-21(14-17-15-24-19-11-5-4-10-18(17)19)26-22(16-8-2-1-3-9-16)20-12-6-7-13-23-20/h1-13,15,22,24H,14H2/t22-/m0/s1. The highest BCUT2D eigenvalue weighted by molar-refractivity contribution is 5.87. The number of para-hydroxylation sites is 1. The molecule has 2 aromatic carbocycles. The van der Waals surface area contributed by atoms with Crippen LogP contribution in [0, 0.1) is 0 Å². The number of pyridine rings is 1. The second-order valence-corrected chi connectivity index (χ2v) is 6.07. The van der Waals surface area contributed by atoms with Crippen molar-refractivity contribution in [3.63, 3.8) is 0 Å². The normalized spacial score (nSPS) is 12.0. The van der Waals surface area contributed by atoms with E-state index in [9.17, 15) is 4.79 Å². The van der Waals surface area contributed by atoms with E-state index >= 15 is 0 Å². The summed E-state index contributed by atoms with van der Waals surface area (Å²) in [6, 6.07) is 23.2. The summed E-state index contributed by atoms with van der Waals surface area (Å²) < 4.78 is 5.83. The van der Waals surface area contributed by atoms with E-state index in [1.165, 1.54) is 0 Å². The Labute approximate surface area is 151 Å². The van der Waals surface area contributed by atoms with Gasteiger partial charge in [0.25, 0.3) is 0 Å². The van der Waals surface area contributed by atoms with Crippen LogP contribution in [0.5, 0.6) is 0 Å². The lowest BCUT2D eigenvalue weighted by Crippen LogP contribution is -2.15. The van der Waals surface area contributed by atoms with Gasteiger partial charge in [-0.15, -0.1) is 0 Å². The molecule has 1 atom stereocenters. The average molecular weight is 342 g/mol. The Morgan fingerprint density at radius 2 is 1.73 bits per heavy atom. The van der Waals surface area contributed by atoms with Gasteiger partial charge in [0.15, 0.2) is 6.10 Å². The molecule has 26 heavy (non-hydrogen) atoms. The fraction of sp³-hybridized carbons (Fsp3) is 0.0909. The Hall–Kier alpha value is -3.40. The lowest BCUT2D eigenvalue weighted by molar-refractivity contribution is -0.146. The minimum atomic E-state index is -0.518. The lowest BCUT2D eigenvalue weighted by atomic mass is 10.1. The number of aromatic amines is 1. The Morgan fingerprint density at radius 1 is 0.962 bits per heavy atom. The quantitative estimate of drug-likeness (QED) is 0.546. The fourth-order valence-corrected chi connectivity index (χ4v) is 3.06. The number of fused-ring (bicyclic) bond motifs is 1. The molecule has 2 heterocycles. The number of hydrogen-bond donors (Lipinski definition) is 1. The van der Waals surface area contributed by atoms with Gasteiger partial charge < -0.3 is 9.72 Å². The molecule has 0 bridgehead atoms. The van der Waals surface area contributed by atoms with E-state index in [2.05, 4.69) is 9.97 Å². The monoisotopic (exact) mass is 342 g/mol. The molecular weight excluding hydrogens is 324 g/mol. The minimum absolute atomic E-state index is 0.209. The summed E-state index contributed by atoms with van der Waals surface area (Å²) in [6.07, 6.45) is 3.26.